The lowest BCUT2D eigenvalue weighted by Crippen LogP contribution is -2.56. The molecule has 0 unspecified atom stereocenters. The number of hydrogen-bond donors (Lipinski definition) is 1. The maximum absolute atomic E-state index is 13.5. The predicted octanol–water partition coefficient (Wildman–Crippen LogP) is 4.20. The molecule has 2 saturated heterocycles. The van der Waals surface area contributed by atoms with Crippen LogP contribution in [-0.2, 0) is 14.3 Å². The van der Waals surface area contributed by atoms with E-state index >= 15 is 0 Å². The Balaban J connectivity index is 1.88. The van der Waals surface area contributed by atoms with Gasteiger partial charge in [-0.2, -0.15) is 0 Å². The third kappa shape index (κ3) is 4.80. The highest BCUT2D eigenvalue weighted by molar-refractivity contribution is 6.34. The van der Waals surface area contributed by atoms with Gasteiger partial charge < -0.3 is 15.0 Å². The number of likely N-dealkylation sites (tertiary alicyclic amines) is 1. The van der Waals surface area contributed by atoms with Crippen molar-refractivity contribution in [3.8, 4) is 12.3 Å². The van der Waals surface area contributed by atoms with Crippen LogP contribution in [0.4, 0.5) is 16.2 Å². The monoisotopic (exact) mass is 445 g/mol. The highest BCUT2D eigenvalue weighted by Crippen LogP contribution is 2.37. The number of rotatable bonds is 4. The number of amides is 3. The SMILES string of the molecule is C#CC[C@]1(C(=O)Nc2cc(N3CCCC3=O)ccc2Cl)CCCN1C(=O)OC(C)(C)C. The van der Waals surface area contributed by atoms with E-state index in [4.69, 9.17) is 22.8 Å². The number of hydrogen-bond acceptors (Lipinski definition) is 4. The van der Waals surface area contributed by atoms with Gasteiger partial charge in [0.2, 0.25) is 5.91 Å². The van der Waals surface area contributed by atoms with E-state index in [1.165, 1.54) is 4.90 Å². The number of nitrogens with zero attached hydrogens (tertiary/aromatic N) is 2. The van der Waals surface area contributed by atoms with Gasteiger partial charge in [-0.05, 0) is 58.2 Å². The Bertz CT molecular complexity index is 934. The van der Waals surface area contributed by atoms with E-state index in [-0.39, 0.29) is 12.3 Å². The molecule has 1 atom stereocenters. The van der Waals surface area contributed by atoms with Crippen LogP contribution in [0.25, 0.3) is 0 Å². The van der Waals surface area contributed by atoms with Gasteiger partial charge in [-0.25, -0.2) is 4.79 Å². The molecule has 3 rings (SSSR count). The largest absolute Gasteiger partial charge is 0.444 e. The molecule has 1 aromatic rings. The van der Waals surface area contributed by atoms with Gasteiger partial charge in [0.15, 0.2) is 0 Å². The Morgan fingerprint density at radius 2 is 2.03 bits per heavy atom. The molecular formula is C23H28ClN3O4. The summed E-state index contributed by atoms with van der Waals surface area (Å²) in [4.78, 5) is 41.5. The van der Waals surface area contributed by atoms with E-state index in [9.17, 15) is 14.4 Å². The van der Waals surface area contributed by atoms with Gasteiger partial charge in [0.05, 0.1) is 10.7 Å². The summed E-state index contributed by atoms with van der Waals surface area (Å²) in [6.07, 6.45) is 7.41. The number of ether oxygens (including phenoxy) is 1. The number of anilines is 2. The molecule has 2 heterocycles. The normalized spacial score (nSPS) is 21.2. The first-order chi connectivity index (χ1) is 14.6. The Morgan fingerprint density at radius 1 is 1.29 bits per heavy atom. The van der Waals surface area contributed by atoms with Crippen LogP contribution in [0.1, 0.15) is 52.9 Å². The summed E-state index contributed by atoms with van der Waals surface area (Å²) < 4.78 is 5.51. The molecule has 7 nitrogen and oxygen atoms in total. The van der Waals surface area contributed by atoms with Crippen molar-refractivity contribution in [1.82, 2.24) is 4.90 Å². The fraction of sp³-hybridized carbons (Fsp3) is 0.522. The highest BCUT2D eigenvalue weighted by Gasteiger charge is 2.50. The first-order valence-electron chi connectivity index (χ1n) is 10.4. The van der Waals surface area contributed by atoms with Gasteiger partial charge >= 0.3 is 6.09 Å². The van der Waals surface area contributed by atoms with Crippen molar-refractivity contribution in [2.75, 3.05) is 23.3 Å². The van der Waals surface area contributed by atoms with Crippen LogP contribution < -0.4 is 10.2 Å². The van der Waals surface area contributed by atoms with E-state index in [0.29, 0.717) is 48.7 Å². The van der Waals surface area contributed by atoms with E-state index in [1.807, 2.05) is 0 Å². The molecule has 0 aromatic heterocycles. The van der Waals surface area contributed by atoms with Crippen molar-refractivity contribution < 1.29 is 19.1 Å². The topological polar surface area (TPSA) is 79.0 Å². The second-order valence-electron chi connectivity index (χ2n) is 8.92. The van der Waals surface area contributed by atoms with Crippen LogP contribution in [-0.4, -0.2) is 47.0 Å². The molecule has 0 spiro atoms. The maximum Gasteiger partial charge on any atom is 0.411 e. The minimum atomic E-state index is -1.22. The second-order valence-corrected chi connectivity index (χ2v) is 9.32. The van der Waals surface area contributed by atoms with E-state index in [1.54, 1.807) is 43.9 Å². The Kier molecular flexibility index (Phi) is 6.51. The fourth-order valence-corrected chi connectivity index (χ4v) is 4.23. The zero-order valence-corrected chi connectivity index (χ0v) is 18.9. The molecule has 1 N–H and O–H groups in total. The van der Waals surface area contributed by atoms with Crippen LogP contribution in [0.2, 0.25) is 5.02 Å². The summed E-state index contributed by atoms with van der Waals surface area (Å²) in [5.74, 6) is 2.17. The Labute approximate surface area is 188 Å². The average Bonchev–Trinajstić information content (AvgIpc) is 3.29. The minimum absolute atomic E-state index is 0.0373. The lowest BCUT2D eigenvalue weighted by Gasteiger charge is -2.36. The number of benzene rings is 1. The summed E-state index contributed by atoms with van der Waals surface area (Å²) in [6.45, 7) is 6.32. The van der Waals surface area contributed by atoms with Crippen molar-refractivity contribution in [3.63, 3.8) is 0 Å². The summed E-state index contributed by atoms with van der Waals surface area (Å²) in [7, 11) is 0. The molecule has 166 valence electrons. The molecule has 8 heteroatoms. The maximum atomic E-state index is 13.5. The van der Waals surface area contributed by atoms with E-state index in [0.717, 1.165) is 6.42 Å². The number of terminal acetylenes is 1. The number of nitrogens with one attached hydrogen (secondary N) is 1. The predicted molar refractivity (Wildman–Crippen MR) is 120 cm³/mol. The van der Waals surface area contributed by atoms with Crippen molar-refractivity contribution in [2.24, 2.45) is 0 Å². The summed E-state index contributed by atoms with van der Waals surface area (Å²) in [5.41, 5.74) is -0.877. The van der Waals surface area contributed by atoms with Gasteiger partial charge in [-0.15, -0.1) is 12.3 Å². The molecule has 2 aliphatic rings. The van der Waals surface area contributed by atoms with Gasteiger partial charge in [0, 0.05) is 31.6 Å². The molecule has 2 fully saturated rings. The number of carbonyl (C=O) groups excluding carboxylic acids is 3. The fourth-order valence-electron chi connectivity index (χ4n) is 4.07. The number of carbonyl (C=O) groups is 3. The average molecular weight is 446 g/mol. The molecule has 3 amide bonds. The lowest BCUT2D eigenvalue weighted by atomic mass is 9.91. The Hall–Kier alpha value is -2.72. The zero-order chi connectivity index (χ0) is 22.8. The van der Waals surface area contributed by atoms with Crippen molar-refractivity contribution in [2.45, 2.75) is 64.0 Å². The van der Waals surface area contributed by atoms with Crippen LogP contribution in [0.3, 0.4) is 0 Å². The standard InChI is InChI=1S/C23H28ClN3O4/c1-5-11-23(12-7-14-27(23)21(30)31-22(2,3)4)20(29)25-18-15-16(9-10-17(18)24)26-13-6-8-19(26)28/h1,9-10,15H,6-8,11-14H2,2-4H3,(H,25,29)/t23-/m1/s1. The van der Waals surface area contributed by atoms with Gasteiger partial charge in [0.25, 0.3) is 5.91 Å². The quantitative estimate of drug-likeness (QED) is 0.704. The number of halogens is 1. The van der Waals surface area contributed by atoms with Crippen LogP contribution in [0.5, 0.6) is 0 Å². The van der Waals surface area contributed by atoms with Crippen LogP contribution >= 0.6 is 11.6 Å². The molecule has 0 saturated carbocycles. The first kappa shape index (κ1) is 23.0. The third-order valence-electron chi connectivity index (χ3n) is 5.50. The highest BCUT2D eigenvalue weighted by atomic mass is 35.5. The molecule has 0 aliphatic carbocycles. The van der Waals surface area contributed by atoms with Gasteiger partial charge in [0.1, 0.15) is 11.1 Å². The molecule has 0 bridgehead atoms. The molecule has 2 aliphatic heterocycles. The second kappa shape index (κ2) is 8.80. The van der Waals surface area contributed by atoms with E-state index in [2.05, 4.69) is 11.2 Å². The van der Waals surface area contributed by atoms with Crippen molar-refractivity contribution in [1.29, 1.82) is 0 Å². The zero-order valence-electron chi connectivity index (χ0n) is 18.2. The lowest BCUT2D eigenvalue weighted by molar-refractivity contribution is -0.126. The molecule has 0 radical (unpaired) electrons. The van der Waals surface area contributed by atoms with Crippen molar-refractivity contribution >= 4 is 40.9 Å². The molecule has 1 aromatic carbocycles. The van der Waals surface area contributed by atoms with Gasteiger partial charge in [-0.1, -0.05) is 11.6 Å². The van der Waals surface area contributed by atoms with Crippen LogP contribution in [0.15, 0.2) is 18.2 Å². The molecule has 31 heavy (non-hydrogen) atoms. The first-order valence-corrected chi connectivity index (χ1v) is 10.8. The third-order valence-corrected chi connectivity index (χ3v) is 5.83. The Morgan fingerprint density at radius 3 is 2.65 bits per heavy atom. The molecular weight excluding hydrogens is 418 g/mol. The van der Waals surface area contributed by atoms with E-state index < -0.39 is 23.1 Å². The smallest absolute Gasteiger partial charge is 0.411 e. The van der Waals surface area contributed by atoms with Crippen molar-refractivity contribution in [3.05, 3.63) is 23.2 Å². The minimum Gasteiger partial charge on any atom is -0.444 e. The van der Waals surface area contributed by atoms with Crippen LogP contribution in [0, 0.1) is 12.3 Å². The summed E-state index contributed by atoms with van der Waals surface area (Å²) >= 11 is 6.33. The summed E-state index contributed by atoms with van der Waals surface area (Å²) in [5, 5.41) is 3.18. The summed E-state index contributed by atoms with van der Waals surface area (Å²) in [6, 6.07) is 5.08. The van der Waals surface area contributed by atoms with Gasteiger partial charge in [-0.3, -0.25) is 14.5 Å².